The average molecular weight is 665 g/mol. The summed E-state index contributed by atoms with van der Waals surface area (Å²) >= 11 is 0. The highest BCUT2D eigenvalue weighted by Crippen LogP contribution is 2.41. The second-order valence-corrected chi connectivity index (χ2v) is 13.7. The highest BCUT2D eigenvalue weighted by Gasteiger charge is 2.20. The quantitative estimate of drug-likeness (QED) is 0.175. The van der Waals surface area contributed by atoms with E-state index in [1.54, 1.807) is 0 Å². The van der Waals surface area contributed by atoms with Crippen molar-refractivity contribution in [1.82, 2.24) is 4.57 Å². The first kappa shape index (κ1) is 30.2. The van der Waals surface area contributed by atoms with Crippen molar-refractivity contribution in [2.45, 2.75) is 12.8 Å². The van der Waals surface area contributed by atoms with E-state index < -0.39 is 0 Å². The molecule has 0 saturated heterocycles. The highest BCUT2D eigenvalue weighted by atomic mass is 15.0. The van der Waals surface area contributed by atoms with Crippen LogP contribution < -0.4 is 5.32 Å². The highest BCUT2D eigenvalue weighted by molar-refractivity contribution is 6.14. The summed E-state index contributed by atoms with van der Waals surface area (Å²) in [5.74, 6) is 0. The van der Waals surface area contributed by atoms with Crippen molar-refractivity contribution < 1.29 is 0 Å². The molecule has 0 unspecified atom stereocenters. The number of fused-ring (bicyclic) bond motifs is 6. The molecule has 0 atom stereocenters. The SMILES string of the molecule is C1=Cc2c(c3ccccc3n2-c2ccccc2-c2ccc(Nc3cc(-c4cc5ccccc5c5ccccc45)ccc3-c3ccccc3)cc2)CC1. The lowest BCUT2D eigenvalue weighted by molar-refractivity contribution is 0.968. The Balaban J connectivity index is 1.06. The fourth-order valence-electron chi connectivity index (χ4n) is 8.23. The lowest BCUT2D eigenvalue weighted by Crippen LogP contribution is -2.02. The van der Waals surface area contributed by atoms with Gasteiger partial charge in [-0.05, 0) is 105 Å². The molecule has 246 valence electrons. The summed E-state index contributed by atoms with van der Waals surface area (Å²) < 4.78 is 2.45. The van der Waals surface area contributed by atoms with E-state index >= 15 is 0 Å². The first-order valence-electron chi connectivity index (χ1n) is 18.2. The van der Waals surface area contributed by atoms with Gasteiger partial charge >= 0.3 is 0 Å². The van der Waals surface area contributed by atoms with Crippen LogP contribution in [0, 0.1) is 0 Å². The maximum atomic E-state index is 3.84. The summed E-state index contributed by atoms with van der Waals surface area (Å²) in [6.45, 7) is 0. The number of rotatable bonds is 6. The zero-order chi connectivity index (χ0) is 34.4. The molecule has 0 aliphatic heterocycles. The minimum atomic E-state index is 1.05. The summed E-state index contributed by atoms with van der Waals surface area (Å²) in [5, 5.41) is 10.3. The molecule has 0 amide bonds. The monoisotopic (exact) mass is 664 g/mol. The topological polar surface area (TPSA) is 17.0 Å². The molecule has 52 heavy (non-hydrogen) atoms. The molecule has 0 radical (unpaired) electrons. The Morgan fingerprint density at radius 2 is 1.13 bits per heavy atom. The summed E-state index contributed by atoms with van der Waals surface area (Å²) in [6, 6.07) is 63.8. The van der Waals surface area contributed by atoms with Crippen molar-refractivity contribution in [3.05, 3.63) is 193 Å². The van der Waals surface area contributed by atoms with Crippen molar-refractivity contribution in [3.8, 4) is 39.1 Å². The molecule has 8 aromatic carbocycles. The molecule has 1 aliphatic carbocycles. The summed E-state index contributed by atoms with van der Waals surface area (Å²) in [4.78, 5) is 0. The van der Waals surface area contributed by atoms with Gasteiger partial charge in [0.15, 0.2) is 0 Å². The molecule has 0 saturated carbocycles. The first-order valence-corrected chi connectivity index (χ1v) is 18.2. The Hall–Kier alpha value is -6.64. The number of nitrogens with zero attached hydrogens (tertiary/aromatic N) is 1. The van der Waals surface area contributed by atoms with Crippen LogP contribution in [0.15, 0.2) is 182 Å². The number of nitrogens with one attached hydrogen (secondary N) is 1. The maximum Gasteiger partial charge on any atom is 0.0540 e. The minimum Gasteiger partial charge on any atom is -0.355 e. The van der Waals surface area contributed by atoms with Gasteiger partial charge in [0.2, 0.25) is 0 Å². The van der Waals surface area contributed by atoms with E-state index in [0.717, 1.165) is 24.2 Å². The molecule has 10 rings (SSSR count). The third kappa shape index (κ3) is 5.11. The Morgan fingerprint density at radius 3 is 2.00 bits per heavy atom. The number of benzene rings is 8. The molecule has 2 nitrogen and oxygen atoms in total. The van der Waals surface area contributed by atoms with E-state index in [0.29, 0.717) is 0 Å². The molecule has 0 fully saturated rings. The summed E-state index contributed by atoms with van der Waals surface area (Å²) in [7, 11) is 0. The van der Waals surface area contributed by atoms with Crippen LogP contribution in [0.4, 0.5) is 11.4 Å². The molecule has 1 aromatic heterocycles. The minimum absolute atomic E-state index is 1.05. The molecule has 1 heterocycles. The van der Waals surface area contributed by atoms with Gasteiger partial charge in [-0.2, -0.15) is 0 Å². The zero-order valence-electron chi connectivity index (χ0n) is 28.8. The maximum absolute atomic E-state index is 3.84. The molecular formula is C50H36N2. The van der Waals surface area contributed by atoms with E-state index in [-0.39, 0.29) is 0 Å². The van der Waals surface area contributed by atoms with Gasteiger partial charge in [0, 0.05) is 33.6 Å². The van der Waals surface area contributed by atoms with Crippen molar-refractivity contribution >= 4 is 49.9 Å². The number of para-hydroxylation sites is 2. The van der Waals surface area contributed by atoms with Crippen molar-refractivity contribution in [1.29, 1.82) is 0 Å². The van der Waals surface area contributed by atoms with Crippen LogP contribution in [-0.2, 0) is 6.42 Å². The van der Waals surface area contributed by atoms with Crippen LogP contribution in [0.1, 0.15) is 17.7 Å². The lowest BCUT2D eigenvalue weighted by atomic mass is 9.91. The molecular weight excluding hydrogens is 629 g/mol. The Kier molecular flexibility index (Phi) is 7.32. The third-order valence-corrected chi connectivity index (χ3v) is 10.7. The van der Waals surface area contributed by atoms with Crippen LogP contribution in [0.2, 0.25) is 0 Å². The van der Waals surface area contributed by atoms with E-state index in [2.05, 4.69) is 198 Å². The Morgan fingerprint density at radius 1 is 0.462 bits per heavy atom. The van der Waals surface area contributed by atoms with Crippen LogP contribution in [-0.4, -0.2) is 4.57 Å². The smallest absolute Gasteiger partial charge is 0.0540 e. The largest absolute Gasteiger partial charge is 0.355 e. The van der Waals surface area contributed by atoms with Crippen LogP contribution >= 0.6 is 0 Å². The van der Waals surface area contributed by atoms with E-state index in [1.807, 2.05) is 0 Å². The average Bonchev–Trinajstić information content (AvgIpc) is 3.55. The van der Waals surface area contributed by atoms with Gasteiger partial charge in [-0.25, -0.2) is 0 Å². The van der Waals surface area contributed by atoms with Crippen molar-refractivity contribution in [2.24, 2.45) is 0 Å². The summed E-state index contributed by atoms with van der Waals surface area (Å²) in [5.41, 5.74) is 14.5. The molecule has 0 spiro atoms. The second kappa shape index (κ2) is 12.6. The Bertz CT molecular complexity index is 2800. The third-order valence-electron chi connectivity index (χ3n) is 10.7. The number of hydrogen-bond acceptors (Lipinski definition) is 1. The lowest BCUT2D eigenvalue weighted by Gasteiger charge is -2.18. The van der Waals surface area contributed by atoms with E-state index in [9.17, 15) is 0 Å². The molecule has 0 bridgehead atoms. The van der Waals surface area contributed by atoms with Gasteiger partial charge in [0.05, 0.1) is 11.2 Å². The normalized spacial score (nSPS) is 12.4. The first-order chi connectivity index (χ1) is 25.8. The molecule has 1 aliphatic rings. The van der Waals surface area contributed by atoms with Crippen molar-refractivity contribution in [2.75, 3.05) is 5.32 Å². The van der Waals surface area contributed by atoms with Gasteiger partial charge in [-0.1, -0.05) is 146 Å². The van der Waals surface area contributed by atoms with Gasteiger partial charge in [0.1, 0.15) is 0 Å². The fraction of sp³-hybridized carbons (Fsp3) is 0.0400. The standard InChI is InChI=1S/C50H36N2/c1-2-14-34(15-3-1)40-31-28-37(46-32-36-16-4-5-17-39(36)42-19-6-7-20-43(42)46)33-47(40)51-38-29-26-35(27-30-38)41-18-8-11-23-48(41)52-49-24-12-9-21-44(49)45-22-10-13-25-50(45)52/h1-9,11-21,23-33,51H,10,22H2. The predicted molar refractivity (Wildman–Crippen MR) is 222 cm³/mol. The molecule has 9 aromatic rings. The predicted octanol–water partition coefficient (Wildman–Crippen LogP) is 13.6. The van der Waals surface area contributed by atoms with Gasteiger partial charge in [-0.3, -0.25) is 0 Å². The second-order valence-electron chi connectivity index (χ2n) is 13.7. The van der Waals surface area contributed by atoms with Gasteiger partial charge in [0.25, 0.3) is 0 Å². The van der Waals surface area contributed by atoms with Gasteiger partial charge in [-0.15, -0.1) is 0 Å². The zero-order valence-corrected chi connectivity index (χ0v) is 28.8. The van der Waals surface area contributed by atoms with Crippen LogP contribution in [0.25, 0.3) is 77.6 Å². The van der Waals surface area contributed by atoms with E-state index in [1.165, 1.54) is 82.8 Å². The van der Waals surface area contributed by atoms with E-state index in [4.69, 9.17) is 0 Å². The number of anilines is 2. The number of aryl methyl sites for hydroxylation is 1. The number of aromatic nitrogens is 1. The number of hydrogen-bond donors (Lipinski definition) is 1. The van der Waals surface area contributed by atoms with Gasteiger partial charge < -0.3 is 9.88 Å². The van der Waals surface area contributed by atoms with Crippen LogP contribution in [0.3, 0.4) is 0 Å². The molecule has 1 N–H and O–H groups in total. The Labute approximate surface area is 303 Å². The van der Waals surface area contributed by atoms with Crippen LogP contribution in [0.5, 0.6) is 0 Å². The fourth-order valence-corrected chi connectivity index (χ4v) is 8.23. The molecule has 2 heteroatoms. The summed E-state index contributed by atoms with van der Waals surface area (Å²) in [6.07, 6.45) is 6.78. The number of allylic oxidation sites excluding steroid dienone is 1. The van der Waals surface area contributed by atoms with Crippen molar-refractivity contribution in [3.63, 3.8) is 0 Å².